The van der Waals surface area contributed by atoms with Crippen LogP contribution in [0.5, 0.6) is 0 Å². The van der Waals surface area contributed by atoms with Gasteiger partial charge < -0.3 is 10.6 Å². The molecular formula is C13H18N4. The molecule has 2 rings (SSSR count). The van der Waals surface area contributed by atoms with Gasteiger partial charge in [0, 0.05) is 18.5 Å². The minimum absolute atomic E-state index is 0.341. The van der Waals surface area contributed by atoms with Crippen molar-refractivity contribution in [1.29, 1.82) is 0 Å². The average molecular weight is 230 g/mol. The Balaban J connectivity index is 2.58. The Hall–Kier alpha value is -1.84. The van der Waals surface area contributed by atoms with Crippen LogP contribution in [0.2, 0.25) is 0 Å². The van der Waals surface area contributed by atoms with Gasteiger partial charge in [0.15, 0.2) is 0 Å². The summed E-state index contributed by atoms with van der Waals surface area (Å²) < 4.78 is 0. The van der Waals surface area contributed by atoms with E-state index in [4.69, 9.17) is 5.73 Å². The van der Waals surface area contributed by atoms with E-state index < -0.39 is 0 Å². The molecule has 0 aliphatic rings. The zero-order valence-electron chi connectivity index (χ0n) is 10.3. The smallest absolute Gasteiger partial charge is 0.222 e. The molecule has 0 unspecified atom stereocenters. The number of nitrogens with two attached hydrogens (primary N) is 1. The molecular weight excluding hydrogens is 212 g/mol. The van der Waals surface area contributed by atoms with Crippen LogP contribution in [0.1, 0.15) is 20.3 Å². The Morgan fingerprint density at radius 2 is 1.94 bits per heavy atom. The first kappa shape index (κ1) is 11.6. The molecule has 90 valence electrons. The van der Waals surface area contributed by atoms with Crippen LogP contribution in [0.4, 0.5) is 11.8 Å². The number of rotatable bonds is 4. The minimum atomic E-state index is 0.341. The van der Waals surface area contributed by atoms with Gasteiger partial charge in [-0.1, -0.05) is 19.1 Å². The van der Waals surface area contributed by atoms with Gasteiger partial charge in [-0.15, -0.1) is 0 Å². The van der Waals surface area contributed by atoms with Crippen molar-refractivity contribution in [2.24, 2.45) is 0 Å². The van der Waals surface area contributed by atoms with E-state index in [1.54, 1.807) is 0 Å². The SMILES string of the molecule is CCCN(CC)c1nc(N)nc2ccccc12. The van der Waals surface area contributed by atoms with Crippen molar-refractivity contribution in [3.8, 4) is 0 Å². The molecule has 0 atom stereocenters. The molecule has 1 aromatic heterocycles. The van der Waals surface area contributed by atoms with Crippen LogP contribution in [-0.2, 0) is 0 Å². The van der Waals surface area contributed by atoms with Gasteiger partial charge in [-0.3, -0.25) is 0 Å². The lowest BCUT2D eigenvalue weighted by molar-refractivity contribution is 0.782. The first-order chi connectivity index (χ1) is 8.26. The number of hydrogen-bond acceptors (Lipinski definition) is 4. The quantitative estimate of drug-likeness (QED) is 0.876. The molecule has 0 fully saturated rings. The van der Waals surface area contributed by atoms with Gasteiger partial charge in [-0.25, -0.2) is 4.98 Å². The zero-order chi connectivity index (χ0) is 12.3. The van der Waals surface area contributed by atoms with Gasteiger partial charge in [0.05, 0.1) is 5.52 Å². The Labute approximate surface area is 101 Å². The summed E-state index contributed by atoms with van der Waals surface area (Å²) >= 11 is 0. The first-order valence-electron chi connectivity index (χ1n) is 6.03. The van der Waals surface area contributed by atoms with Crippen LogP contribution in [0, 0.1) is 0 Å². The molecule has 0 saturated heterocycles. The van der Waals surface area contributed by atoms with E-state index in [1.165, 1.54) is 0 Å². The second-order valence-electron chi connectivity index (χ2n) is 4.00. The highest BCUT2D eigenvalue weighted by molar-refractivity contribution is 5.90. The largest absolute Gasteiger partial charge is 0.368 e. The van der Waals surface area contributed by atoms with E-state index >= 15 is 0 Å². The maximum absolute atomic E-state index is 5.76. The minimum Gasteiger partial charge on any atom is -0.368 e. The molecule has 17 heavy (non-hydrogen) atoms. The molecule has 0 aliphatic carbocycles. The van der Waals surface area contributed by atoms with Gasteiger partial charge in [0.2, 0.25) is 5.95 Å². The van der Waals surface area contributed by atoms with E-state index in [2.05, 4.69) is 28.7 Å². The second kappa shape index (κ2) is 4.99. The highest BCUT2D eigenvalue weighted by Crippen LogP contribution is 2.24. The number of nitrogens with zero attached hydrogens (tertiary/aromatic N) is 3. The van der Waals surface area contributed by atoms with Crippen LogP contribution < -0.4 is 10.6 Å². The van der Waals surface area contributed by atoms with Crippen LogP contribution in [0.3, 0.4) is 0 Å². The molecule has 0 bridgehead atoms. The number of nitrogen functional groups attached to an aromatic ring is 1. The molecule has 0 spiro atoms. The third-order valence-corrected chi connectivity index (χ3v) is 2.78. The van der Waals surface area contributed by atoms with Crippen LogP contribution >= 0.6 is 0 Å². The third-order valence-electron chi connectivity index (χ3n) is 2.78. The molecule has 2 N–H and O–H groups in total. The zero-order valence-corrected chi connectivity index (χ0v) is 10.3. The van der Waals surface area contributed by atoms with Gasteiger partial charge >= 0.3 is 0 Å². The van der Waals surface area contributed by atoms with Crippen molar-refractivity contribution >= 4 is 22.7 Å². The molecule has 4 nitrogen and oxygen atoms in total. The molecule has 0 aliphatic heterocycles. The summed E-state index contributed by atoms with van der Waals surface area (Å²) in [6.45, 7) is 6.20. The molecule has 4 heteroatoms. The van der Waals surface area contributed by atoms with Crippen molar-refractivity contribution < 1.29 is 0 Å². The number of anilines is 2. The van der Waals surface area contributed by atoms with Crippen molar-refractivity contribution in [2.75, 3.05) is 23.7 Å². The highest BCUT2D eigenvalue weighted by Gasteiger charge is 2.11. The van der Waals surface area contributed by atoms with Crippen molar-refractivity contribution in [2.45, 2.75) is 20.3 Å². The van der Waals surface area contributed by atoms with E-state index in [1.807, 2.05) is 24.3 Å². The predicted octanol–water partition coefficient (Wildman–Crippen LogP) is 2.45. The van der Waals surface area contributed by atoms with E-state index in [0.717, 1.165) is 36.2 Å². The molecule has 1 heterocycles. The molecule has 1 aromatic carbocycles. The second-order valence-corrected chi connectivity index (χ2v) is 4.00. The van der Waals surface area contributed by atoms with Gasteiger partial charge in [0.1, 0.15) is 5.82 Å². The van der Waals surface area contributed by atoms with Crippen molar-refractivity contribution in [3.05, 3.63) is 24.3 Å². The summed E-state index contributed by atoms with van der Waals surface area (Å²) in [4.78, 5) is 10.9. The fourth-order valence-electron chi connectivity index (χ4n) is 2.00. The Bertz CT molecular complexity index is 510. The molecule has 0 amide bonds. The highest BCUT2D eigenvalue weighted by atomic mass is 15.2. The monoisotopic (exact) mass is 230 g/mol. The lowest BCUT2D eigenvalue weighted by Crippen LogP contribution is -2.25. The maximum atomic E-state index is 5.76. The Morgan fingerprint density at radius 3 is 2.65 bits per heavy atom. The molecule has 0 saturated carbocycles. The molecule has 0 radical (unpaired) electrons. The fraction of sp³-hybridized carbons (Fsp3) is 0.385. The number of fused-ring (bicyclic) bond motifs is 1. The van der Waals surface area contributed by atoms with Crippen molar-refractivity contribution in [1.82, 2.24) is 9.97 Å². The number of aromatic nitrogens is 2. The number of para-hydroxylation sites is 1. The Morgan fingerprint density at radius 1 is 1.18 bits per heavy atom. The lowest BCUT2D eigenvalue weighted by atomic mass is 10.2. The average Bonchev–Trinajstić information content (AvgIpc) is 2.35. The summed E-state index contributed by atoms with van der Waals surface area (Å²) in [5.74, 6) is 1.28. The normalized spacial score (nSPS) is 10.7. The fourth-order valence-corrected chi connectivity index (χ4v) is 2.00. The van der Waals surface area contributed by atoms with Gasteiger partial charge in [0.25, 0.3) is 0 Å². The van der Waals surface area contributed by atoms with Crippen molar-refractivity contribution in [3.63, 3.8) is 0 Å². The summed E-state index contributed by atoms with van der Waals surface area (Å²) in [6.07, 6.45) is 1.09. The van der Waals surface area contributed by atoms with Crippen LogP contribution in [-0.4, -0.2) is 23.1 Å². The third kappa shape index (κ3) is 2.30. The van der Waals surface area contributed by atoms with Crippen LogP contribution in [0.15, 0.2) is 24.3 Å². The van der Waals surface area contributed by atoms with E-state index in [9.17, 15) is 0 Å². The molecule has 2 aromatic rings. The lowest BCUT2D eigenvalue weighted by Gasteiger charge is -2.22. The van der Waals surface area contributed by atoms with E-state index in [-0.39, 0.29) is 0 Å². The topological polar surface area (TPSA) is 55.0 Å². The maximum Gasteiger partial charge on any atom is 0.222 e. The van der Waals surface area contributed by atoms with Gasteiger partial charge in [-0.05, 0) is 25.5 Å². The Kier molecular flexibility index (Phi) is 3.42. The summed E-state index contributed by atoms with van der Waals surface area (Å²) in [5.41, 5.74) is 6.67. The summed E-state index contributed by atoms with van der Waals surface area (Å²) in [5, 5.41) is 1.07. The first-order valence-corrected chi connectivity index (χ1v) is 6.03. The van der Waals surface area contributed by atoms with E-state index in [0.29, 0.717) is 5.95 Å². The standard InChI is InChI=1S/C13H18N4/c1-3-9-17(4-2)12-10-7-5-6-8-11(10)15-13(14)16-12/h5-8H,3-4,9H2,1-2H3,(H2,14,15,16). The number of benzene rings is 1. The van der Waals surface area contributed by atoms with Gasteiger partial charge in [-0.2, -0.15) is 4.98 Å². The summed E-state index contributed by atoms with van der Waals surface area (Å²) in [7, 11) is 0. The van der Waals surface area contributed by atoms with Crippen LogP contribution in [0.25, 0.3) is 10.9 Å². The number of hydrogen-bond donors (Lipinski definition) is 1. The predicted molar refractivity (Wildman–Crippen MR) is 72.1 cm³/mol. The summed E-state index contributed by atoms with van der Waals surface area (Å²) in [6, 6.07) is 7.99.